The molecule has 0 fully saturated rings. The molecule has 2 rings (SSSR count). The minimum Gasteiger partial charge on any atom is -0.316 e. The first-order valence-corrected chi connectivity index (χ1v) is 4.83. The standard InChI is InChI=1S/C10H13N5/c1-11-7-9-4-2-8(3-5-9)6-10-12-14-15-13-10/h2-5,11H,6-7H2,1H3,(H,12,13,14,15). The van der Waals surface area contributed by atoms with Crippen LogP contribution in [0.4, 0.5) is 0 Å². The Morgan fingerprint density at radius 2 is 1.93 bits per heavy atom. The molecule has 2 aromatic rings. The van der Waals surface area contributed by atoms with E-state index in [1.165, 1.54) is 11.1 Å². The molecular weight excluding hydrogens is 190 g/mol. The van der Waals surface area contributed by atoms with Crippen molar-refractivity contribution in [2.75, 3.05) is 7.05 Å². The van der Waals surface area contributed by atoms with Crippen LogP contribution in [0.15, 0.2) is 24.3 Å². The fourth-order valence-corrected chi connectivity index (χ4v) is 1.42. The van der Waals surface area contributed by atoms with Gasteiger partial charge in [0, 0.05) is 13.0 Å². The summed E-state index contributed by atoms with van der Waals surface area (Å²) in [5.74, 6) is 0.719. The highest BCUT2D eigenvalue weighted by Crippen LogP contribution is 2.07. The maximum Gasteiger partial charge on any atom is 0.178 e. The lowest BCUT2D eigenvalue weighted by Crippen LogP contribution is -2.04. The molecule has 0 aliphatic heterocycles. The Labute approximate surface area is 87.9 Å². The Morgan fingerprint density at radius 1 is 1.20 bits per heavy atom. The molecule has 1 aromatic heterocycles. The number of tetrazole rings is 1. The van der Waals surface area contributed by atoms with E-state index in [2.05, 4.69) is 50.2 Å². The zero-order chi connectivity index (χ0) is 10.5. The molecule has 0 spiro atoms. The van der Waals surface area contributed by atoms with E-state index in [4.69, 9.17) is 0 Å². The van der Waals surface area contributed by atoms with Gasteiger partial charge in [0.15, 0.2) is 5.82 Å². The number of hydrogen-bond acceptors (Lipinski definition) is 4. The van der Waals surface area contributed by atoms with Gasteiger partial charge in [0.2, 0.25) is 0 Å². The summed E-state index contributed by atoms with van der Waals surface area (Å²) in [4.78, 5) is 0. The van der Waals surface area contributed by atoms with Gasteiger partial charge in [-0.2, -0.15) is 5.21 Å². The molecule has 0 radical (unpaired) electrons. The summed E-state index contributed by atoms with van der Waals surface area (Å²) < 4.78 is 0. The largest absolute Gasteiger partial charge is 0.316 e. The van der Waals surface area contributed by atoms with Crippen LogP contribution in [-0.2, 0) is 13.0 Å². The van der Waals surface area contributed by atoms with E-state index in [9.17, 15) is 0 Å². The topological polar surface area (TPSA) is 66.5 Å². The highest BCUT2D eigenvalue weighted by molar-refractivity contribution is 5.24. The van der Waals surface area contributed by atoms with Crippen molar-refractivity contribution < 1.29 is 0 Å². The Kier molecular flexibility index (Phi) is 3.04. The molecule has 1 heterocycles. The van der Waals surface area contributed by atoms with E-state index < -0.39 is 0 Å². The van der Waals surface area contributed by atoms with Crippen LogP contribution in [0.3, 0.4) is 0 Å². The third-order valence-corrected chi connectivity index (χ3v) is 2.16. The molecule has 5 nitrogen and oxygen atoms in total. The molecule has 0 atom stereocenters. The summed E-state index contributed by atoms with van der Waals surface area (Å²) in [6.45, 7) is 0.891. The monoisotopic (exact) mass is 203 g/mol. The molecule has 2 N–H and O–H groups in total. The van der Waals surface area contributed by atoms with Gasteiger partial charge in [0.25, 0.3) is 0 Å². The fourth-order valence-electron chi connectivity index (χ4n) is 1.42. The average molecular weight is 203 g/mol. The third-order valence-electron chi connectivity index (χ3n) is 2.16. The normalized spacial score (nSPS) is 10.5. The van der Waals surface area contributed by atoms with Crippen molar-refractivity contribution in [2.24, 2.45) is 0 Å². The predicted octanol–water partition coefficient (Wildman–Crippen LogP) is 0.510. The van der Waals surface area contributed by atoms with E-state index in [1.807, 2.05) is 7.05 Å². The van der Waals surface area contributed by atoms with Crippen molar-refractivity contribution in [2.45, 2.75) is 13.0 Å². The van der Waals surface area contributed by atoms with Gasteiger partial charge < -0.3 is 5.32 Å². The van der Waals surface area contributed by atoms with Crippen LogP contribution in [0, 0.1) is 0 Å². The van der Waals surface area contributed by atoms with E-state index in [-0.39, 0.29) is 0 Å². The molecule has 1 aromatic carbocycles. The lowest BCUT2D eigenvalue weighted by atomic mass is 10.1. The van der Waals surface area contributed by atoms with Crippen LogP contribution in [0.2, 0.25) is 0 Å². The van der Waals surface area contributed by atoms with Crippen LogP contribution < -0.4 is 5.32 Å². The molecule has 0 amide bonds. The summed E-state index contributed by atoms with van der Waals surface area (Å²) in [6.07, 6.45) is 0.719. The van der Waals surface area contributed by atoms with E-state index >= 15 is 0 Å². The number of rotatable bonds is 4. The zero-order valence-corrected chi connectivity index (χ0v) is 8.57. The van der Waals surface area contributed by atoms with Crippen LogP contribution in [-0.4, -0.2) is 27.7 Å². The number of H-pyrrole nitrogens is 1. The smallest absolute Gasteiger partial charge is 0.178 e. The van der Waals surface area contributed by atoms with Gasteiger partial charge in [0.05, 0.1) is 0 Å². The minimum atomic E-state index is 0.719. The van der Waals surface area contributed by atoms with Crippen LogP contribution in [0.25, 0.3) is 0 Å². The molecule has 0 unspecified atom stereocenters. The summed E-state index contributed by atoms with van der Waals surface area (Å²) in [5.41, 5.74) is 2.46. The van der Waals surface area contributed by atoms with Crippen LogP contribution in [0.5, 0.6) is 0 Å². The Balaban J connectivity index is 2.04. The summed E-state index contributed by atoms with van der Waals surface area (Å²) >= 11 is 0. The fraction of sp³-hybridized carbons (Fsp3) is 0.300. The lowest BCUT2D eigenvalue weighted by molar-refractivity contribution is 0.817. The number of benzene rings is 1. The van der Waals surface area contributed by atoms with Crippen molar-refractivity contribution in [1.29, 1.82) is 0 Å². The van der Waals surface area contributed by atoms with Gasteiger partial charge in [-0.25, -0.2) is 0 Å². The Bertz CT molecular complexity index is 392. The average Bonchev–Trinajstić information content (AvgIpc) is 2.74. The van der Waals surface area contributed by atoms with Gasteiger partial charge in [-0.05, 0) is 18.2 Å². The molecule has 15 heavy (non-hydrogen) atoms. The van der Waals surface area contributed by atoms with Crippen molar-refractivity contribution in [1.82, 2.24) is 25.9 Å². The van der Waals surface area contributed by atoms with Gasteiger partial charge in [-0.3, -0.25) is 0 Å². The Morgan fingerprint density at radius 3 is 2.53 bits per heavy atom. The molecule has 0 saturated heterocycles. The molecular formula is C10H13N5. The highest BCUT2D eigenvalue weighted by Gasteiger charge is 2.00. The number of aromatic amines is 1. The predicted molar refractivity (Wildman–Crippen MR) is 56.2 cm³/mol. The first-order valence-electron chi connectivity index (χ1n) is 4.83. The molecule has 0 bridgehead atoms. The lowest BCUT2D eigenvalue weighted by Gasteiger charge is -2.01. The van der Waals surface area contributed by atoms with Crippen LogP contribution >= 0.6 is 0 Å². The Hall–Kier alpha value is -1.75. The second-order valence-corrected chi connectivity index (χ2v) is 3.35. The number of nitrogens with zero attached hydrogens (tertiary/aromatic N) is 3. The zero-order valence-electron chi connectivity index (χ0n) is 8.57. The van der Waals surface area contributed by atoms with E-state index in [1.54, 1.807) is 0 Å². The molecule has 0 aliphatic carbocycles. The number of hydrogen-bond donors (Lipinski definition) is 2. The maximum absolute atomic E-state index is 3.91. The van der Waals surface area contributed by atoms with Crippen molar-refractivity contribution >= 4 is 0 Å². The van der Waals surface area contributed by atoms with Crippen molar-refractivity contribution in [3.8, 4) is 0 Å². The van der Waals surface area contributed by atoms with Crippen molar-refractivity contribution in [3.63, 3.8) is 0 Å². The van der Waals surface area contributed by atoms with Gasteiger partial charge in [0.1, 0.15) is 0 Å². The number of aromatic nitrogens is 4. The SMILES string of the molecule is CNCc1ccc(Cc2nn[nH]n2)cc1. The summed E-state index contributed by atoms with van der Waals surface area (Å²) in [5, 5.41) is 16.9. The maximum atomic E-state index is 3.91. The second kappa shape index (κ2) is 4.65. The first-order chi connectivity index (χ1) is 7.38. The first kappa shape index (κ1) is 9.79. The number of nitrogens with one attached hydrogen (secondary N) is 2. The third kappa shape index (κ3) is 2.60. The minimum absolute atomic E-state index is 0.719. The molecule has 0 saturated carbocycles. The summed E-state index contributed by atoms with van der Waals surface area (Å²) in [7, 11) is 1.94. The van der Waals surface area contributed by atoms with Gasteiger partial charge in [-0.15, -0.1) is 10.2 Å². The molecule has 0 aliphatic rings. The quantitative estimate of drug-likeness (QED) is 0.759. The van der Waals surface area contributed by atoms with E-state index in [0.29, 0.717) is 0 Å². The van der Waals surface area contributed by atoms with E-state index in [0.717, 1.165) is 18.8 Å². The highest BCUT2D eigenvalue weighted by atomic mass is 15.5. The van der Waals surface area contributed by atoms with Gasteiger partial charge in [-0.1, -0.05) is 29.5 Å². The second-order valence-electron chi connectivity index (χ2n) is 3.35. The van der Waals surface area contributed by atoms with Crippen molar-refractivity contribution in [3.05, 3.63) is 41.2 Å². The molecule has 78 valence electrons. The van der Waals surface area contributed by atoms with Crippen LogP contribution in [0.1, 0.15) is 17.0 Å². The van der Waals surface area contributed by atoms with Gasteiger partial charge >= 0.3 is 0 Å². The summed E-state index contributed by atoms with van der Waals surface area (Å²) in [6, 6.07) is 8.38. The molecule has 5 heteroatoms.